The molecule has 6 heteroatoms. The van der Waals surface area contributed by atoms with Crippen LogP contribution in [0.2, 0.25) is 0 Å². The topological polar surface area (TPSA) is 61.1 Å². The second-order valence-corrected chi connectivity index (χ2v) is 6.65. The van der Waals surface area contributed by atoms with E-state index in [2.05, 4.69) is 4.90 Å². The molecule has 146 valence electrons. The number of benzene rings is 2. The molecule has 2 heterocycles. The highest BCUT2D eigenvalue weighted by molar-refractivity contribution is 5.95. The molecule has 1 aliphatic heterocycles. The molecule has 0 aliphatic carbocycles. The maximum absolute atomic E-state index is 12.1. The SMILES string of the molecule is COc1cc2oc(=O)cc(-c3ccccc3)c2cc1OCCN1CCOCC1. The van der Waals surface area contributed by atoms with Gasteiger partial charge >= 0.3 is 5.63 Å². The molecular weight excluding hydrogens is 358 g/mol. The van der Waals surface area contributed by atoms with Gasteiger partial charge in [-0.3, -0.25) is 4.90 Å². The highest BCUT2D eigenvalue weighted by Gasteiger charge is 2.15. The number of morpholine rings is 1. The van der Waals surface area contributed by atoms with E-state index >= 15 is 0 Å². The molecule has 1 saturated heterocycles. The molecule has 0 saturated carbocycles. The summed E-state index contributed by atoms with van der Waals surface area (Å²) in [5.74, 6) is 1.18. The summed E-state index contributed by atoms with van der Waals surface area (Å²) in [6.45, 7) is 4.72. The van der Waals surface area contributed by atoms with Gasteiger partial charge in [0.2, 0.25) is 0 Å². The first kappa shape index (κ1) is 18.5. The average Bonchev–Trinajstić information content (AvgIpc) is 2.74. The van der Waals surface area contributed by atoms with E-state index in [0.717, 1.165) is 49.4 Å². The first-order valence-electron chi connectivity index (χ1n) is 9.39. The molecule has 1 aromatic heterocycles. The first-order chi connectivity index (χ1) is 13.7. The molecule has 0 N–H and O–H groups in total. The van der Waals surface area contributed by atoms with E-state index in [9.17, 15) is 4.79 Å². The fourth-order valence-corrected chi connectivity index (χ4v) is 3.41. The van der Waals surface area contributed by atoms with Crippen molar-refractivity contribution in [1.82, 2.24) is 4.90 Å². The lowest BCUT2D eigenvalue weighted by molar-refractivity contribution is 0.0321. The van der Waals surface area contributed by atoms with Gasteiger partial charge < -0.3 is 18.6 Å². The van der Waals surface area contributed by atoms with Crippen LogP contribution in [0.25, 0.3) is 22.1 Å². The minimum atomic E-state index is -0.394. The third-order valence-electron chi connectivity index (χ3n) is 4.88. The fourth-order valence-electron chi connectivity index (χ4n) is 3.41. The highest BCUT2D eigenvalue weighted by Crippen LogP contribution is 2.36. The predicted octanol–water partition coefficient (Wildman–Crippen LogP) is 3.18. The Kier molecular flexibility index (Phi) is 5.60. The van der Waals surface area contributed by atoms with Gasteiger partial charge in [-0.15, -0.1) is 0 Å². The Hall–Kier alpha value is -2.83. The molecule has 0 atom stereocenters. The van der Waals surface area contributed by atoms with Gasteiger partial charge in [0, 0.05) is 37.2 Å². The maximum Gasteiger partial charge on any atom is 0.336 e. The Morgan fingerprint density at radius 2 is 1.82 bits per heavy atom. The second-order valence-electron chi connectivity index (χ2n) is 6.65. The van der Waals surface area contributed by atoms with Crippen molar-refractivity contribution in [1.29, 1.82) is 0 Å². The molecule has 2 aromatic carbocycles. The summed E-state index contributed by atoms with van der Waals surface area (Å²) in [5.41, 5.74) is 1.84. The Bertz CT molecular complexity index is 993. The van der Waals surface area contributed by atoms with Crippen LogP contribution in [-0.4, -0.2) is 51.5 Å². The number of methoxy groups -OCH3 is 1. The number of fused-ring (bicyclic) bond motifs is 1. The van der Waals surface area contributed by atoms with E-state index in [1.165, 1.54) is 6.07 Å². The third-order valence-corrected chi connectivity index (χ3v) is 4.88. The Labute approximate surface area is 163 Å². The van der Waals surface area contributed by atoms with Gasteiger partial charge in [0.25, 0.3) is 0 Å². The largest absolute Gasteiger partial charge is 0.493 e. The van der Waals surface area contributed by atoms with Crippen LogP contribution in [0.1, 0.15) is 0 Å². The standard InChI is InChI=1S/C22H23NO5/c1-25-20-15-19-18(13-21(20)27-12-9-23-7-10-26-11-8-23)17(14-22(24)28-19)16-5-3-2-4-6-16/h2-6,13-15H,7-12H2,1H3. The molecular formula is C22H23NO5. The van der Waals surface area contributed by atoms with Crippen molar-refractivity contribution < 1.29 is 18.6 Å². The quantitative estimate of drug-likeness (QED) is 0.611. The van der Waals surface area contributed by atoms with Crippen LogP contribution in [-0.2, 0) is 4.74 Å². The van der Waals surface area contributed by atoms with E-state index in [-0.39, 0.29) is 0 Å². The fraction of sp³-hybridized carbons (Fsp3) is 0.318. The number of rotatable bonds is 6. The summed E-state index contributed by atoms with van der Waals surface area (Å²) >= 11 is 0. The van der Waals surface area contributed by atoms with Crippen molar-refractivity contribution >= 4 is 11.0 Å². The zero-order chi connectivity index (χ0) is 19.3. The van der Waals surface area contributed by atoms with Gasteiger partial charge in [-0.2, -0.15) is 0 Å². The molecule has 0 radical (unpaired) electrons. The maximum atomic E-state index is 12.1. The molecule has 6 nitrogen and oxygen atoms in total. The summed E-state index contributed by atoms with van der Waals surface area (Å²) < 4.78 is 22.3. The van der Waals surface area contributed by atoms with Gasteiger partial charge in [-0.1, -0.05) is 30.3 Å². The van der Waals surface area contributed by atoms with Crippen molar-refractivity contribution in [2.75, 3.05) is 46.6 Å². The second kappa shape index (κ2) is 8.46. The van der Waals surface area contributed by atoms with Crippen molar-refractivity contribution in [3.8, 4) is 22.6 Å². The zero-order valence-corrected chi connectivity index (χ0v) is 15.8. The van der Waals surface area contributed by atoms with E-state index in [0.29, 0.717) is 23.7 Å². The van der Waals surface area contributed by atoms with Gasteiger partial charge in [0.1, 0.15) is 12.2 Å². The lowest BCUT2D eigenvalue weighted by atomic mass is 10.0. The summed E-state index contributed by atoms with van der Waals surface area (Å²) in [4.78, 5) is 14.4. The Morgan fingerprint density at radius 3 is 2.57 bits per heavy atom. The van der Waals surface area contributed by atoms with Crippen molar-refractivity contribution in [2.24, 2.45) is 0 Å². The molecule has 3 aromatic rings. The van der Waals surface area contributed by atoms with E-state index in [1.54, 1.807) is 13.2 Å². The molecule has 4 rings (SSSR count). The average molecular weight is 381 g/mol. The Morgan fingerprint density at radius 1 is 1.04 bits per heavy atom. The summed E-state index contributed by atoms with van der Waals surface area (Å²) in [7, 11) is 1.58. The van der Waals surface area contributed by atoms with E-state index in [4.69, 9.17) is 18.6 Å². The first-order valence-corrected chi connectivity index (χ1v) is 9.39. The van der Waals surface area contributed by atoms with Crippen LogP contribution < -0.4 is 15.1 Å². The minimum Gasteiger partial charge on any atom is -0.493 e. The molecule has 28 heavy (non-hydrogen) atoms. The van der Waals surface area contributed by atoms with E-state index in [1.807, 2.05) is 36.4 Å². The van der Waals surface area contributed by atoms with Gasteiger partial charge in [-0.25, -0.2) is 4.79 Å². The lowest BCUT2D eigenvalue weighted by Crippen LogP contribution is -2.38. The summed E-state index contributed by atoms with van der Waals surface area (Å²) in [6, 6.07) is 14.9. The van der Waals surface area contributed by atoms with E-state index < -0.39 is 5.63 Å². The van der Waals surface area contributed by atoms with Crippen LogP contribution in [0.4, 0.5) is 0 Å². The number of hydrogen-bond donors (Lipinski definition) is 0. The Balaban J connectivity index is 1.66. The number of nitrogens with zero attached hydrogens (tertiary/aromatic N) is 1. The molecule has 0 bridgehead atoms. The molecule has 0 amide bonds. The van der Waals surface area contributed by atoms with Crippen LogP contribution in [0.5, 0.6) is 11.5 Å². The monoisotopic (exact) mass is 381 g/mol. The highest BCUT2D eigenvalue weighted by atomic mass is 16.5. The van der Waals surface area contributed by atoms with Crippen molar-refractivity contribution in [2.45, 2.75) is 0 Å². The summed E-state index contributed by atoms with van der Waals surface area (Å²) in [6.07, 6.45) is 0. The van der Waals surface area contributed by atoms with Gasteiger partial charge in [-0.05, 0) is 17.2 Å². The van der Waals surface area contributed by atoms with Gasteiger partial charge in [0.05, 0.1) is 20.3 Å². The van der Waals surface area contributed by atoms with Crippen LogP contribution >= 0.6 is 0 Å². The molecule has 0 spiro atoms. The van der Waals surface area contributed by atoms with Gasteiger partial charge in [0.15, 0.2) is 11.5 Å². The molecule has 1 fully saturated rings. The number of hydrogen-bond acceptors (Lipinski definition) is 6. The van der Waals surface area contributed by atoms with Crippen LogP contribution in [0, 0.1) is 0 Å². The number of ether oxygens (including phenoxy) is 3. The van der Waals surface area contributed by atoms with Crippen molar-refractivity contribution in [3.63, 3.8) is 0 Å². The van der Waals surface area contributed by atoms with Crippen LogP contribution in [0.15, 0.2) is 57.7 Å². The molecule has 0 unspecified atom stereocenters. The molecule has 1 aliphatic rings. The third kappa shape index (κ3) is 4.03. The smallest absolute Gasteiger partial charge is 0.336 e. The summed E-state index contributed by atoms with van der Waals surface area (Å²) in [5, 5.41) is 0.813. The minimum absolute atomic E-state index is 0.394. The van der Waals surface area contributed by atoms with Crippen molar-refractivity contribution in [3.05, 3.63) is 59.0 Å². The lowest BCUT2D eigenvalue weighted by Gasteiger charge is -2.26. The zero-order valence-electron chi connectivity index (χ0n) is 15.8. The van der Waals surface area contributed by atoms with Crippen LogP contribution in [0.3, 0.4) is 0 Å². The normalized spacial score (nSPS) is 14.9. The predicted molar refractivity (Wildman–Crippen MR) is 107 cm³/mol.